The Labute approximate surface area is 139 Å². The van der Waals surface area contributed by atoms with E-state index in [-0.39, 0.29) is 6.61 Å². The molecule has 1 atom stereocenters. The van der Waals surface area contributed by atoms with Crippen LogP contribution >= 0.6 is 47.8 Å². The fourth-order valence-corrected chi connectivity index (χ4v) is 3.97. The van der Waals surface area contributed by atoms with E-state index in [4.69, 9.17) is 4.74 Å². The number of aliphatic hydroxyl groups is 1. The van der Waals surface area contributed by atoms with Gasteiger partial charge in [-0.05, 0) is 63.9 Å². The van der Waals surface area contributed by atoms with Crippen LogP contribution in [0.2, 0.25) is 0 Å². The van der Waals surface area contributed by atoms with E-state index in [1.165, 1.54) is 0 Å². The van der Waals surface area contributed by atoms with Crippen LogP contribution in [0, 0.1) is 0 Å². The van der Waals surface area contributed by atoms with Gasteiger partial charge in [0.2, 0.25) is 0 Å². The Morgan fingerprint density at radius 3 is 2.37 bits per heavy atom. The molecule has 0 aliphatic rings. The summed E-state index contributed by atoms with van der Waals surface area (Å²) < 4.78 is 8.35. The quantitative estimate of drug-likeness (QED) is 0.603. The topological polar surface area (TPSA) is 41.5 Å². The average Bonchev–Trinajstić information content (AvgIpc) is 2.27. The van der Waals surface area contributed by atoms with E-state index in [0.29, 0.717) is 12.3 Å². The summed E-state index contributed by atoms with van der Waals surface area (Å²) in [5, 5.41) is 13.4. The molecule has 0 saturated heterocycles. The third kappa shape index (κ3) is 6.12. The molecular weight excluding hydrogens is 442 g/mol. The highest BCUT2D eigenvalue weighted by atomic mass is 79.9. The van der Waals surface area contributed by atoms with Gasteiger partial charge in [-0.3, -0.25) is 0 Å². The van der Waals surface area contributed by atoms with Crippen molar-refractivity contribution in [2.24, 2.45) is 0 Å². The van der Waals surface area contributed by atoms with Crippen molar-refractivity contribution >= 4 is 47.8 Å². The molecule has 0 radical (unpaired) electrons. The first kappa shape index (κ1) is 17.4. The molecule has 1 unspecified atom stereocenters. The molecule has 0 spiro atoms. The average molecular weight is 460 g/mol. The molecule has 0 fully saturated rings. The van der Waals surface area contributed by atoms with E-state index in [9.17, 15) is 5.11 Å². The second-order valence-corrected chi connectivity index (χ2v) is 7.29. The smallest absolute Gasteiger partial charge is 0.147 e. The maximum absolute atomic E-state index is 10.2. The van der Waals surface area contributed by atoms with Crippen LogP contribution in [0.4, 0.5) is 0 Å². The number of ether oxygens (including phenoxy) is 1. The lowest BCUT2D eigenvalue weighted by Crippen LogP contribution is -2.43. The van der Waals surface area contributed by atoms with Crippen molar-refractivity contribution in [1.82, 2.24) is 5.32 Å². The summed E-state index contributed by atoms with van der Waals surface area (Å²) in [6.45, 7) is 5.47. The maximum Gasteiger partial charge on any atom is 0.147 e. The van der Waals surface area contributed by atoms with Crippen molar-refractivity contribution < 1.29 is 9.84 Å². The Balaban J connectivity index is 2.61. The van der Waals surface area contributed by atoms with Crippen molar-refractivity contribution in [2.75, 3.05) is 19.7 Å². The molecule has 1 aromatic rings. The highest BCUT2D eigenvalue weighted by Crippen LogP contribution is 2.36. The molecule has 0 heterocycles. The van der Waals surface area contributed by atoms with Crippen LogP contribution in [-0.2, 0) is 0 Å². The minimum absolute atomic E-state index is 0.225. The van der Waals surface area contributed by atoms with Crippen molar-refractivity contribution in [3.05, 3.63) is 25.6 Å². The standard InChI is InChI=1S/C13H18Br3NO2/c1-3-4-17-7-13(2,18)8-19-12-10(15)5-9(14)6-11(12)16/h5-6,17-18H,3-4,7-8H2,1-2H3. The van der Waals surface area contributed by atoms with E-state index in [1.807, 2.05) is 12.1 Å². The lowest BCUT2D eigenvalue weighted by Gasteiger charge is -2.24. The van der Waals surface area contributed by atoms with Crippen LogP contribution in [0.1, 0.15) is 20.3 Å². The lowest BCUT2D eigenvalue weighted by molar-refractivity contribution is 0.0120. The van der Waals surface area contributed by atoms with Gasteiger partial charge >= 0.3 is 0 Å². The monoisotopic (exact) mass is 457 g/mol. The number of rotatable bonds is 7. The van der Waals surface area contributed by atoms with Crippen LogP contribution in [0.5, 0.6) is 5.75 Å². The summed E-state index contributed by atoms with van der Waals surface area (Å²) in [6, 6.07) is 3.81. The van der Waals surface area contributed by atoms with E-state index in [2.05, 4.69) is 60.0 Å². The summed E-state index contributed by atoms with van der Waals surface area (Å²) in [6.07, 6.45) is 1.04. The predicted octanol–water partition coefficient (Wildman–Crippen LogP) is 4.10. The Hall–Kier alpha value is 0.380. The normalized spacial score (nSPS) is 14.2. The first-order valence-electron chi connectivity index (χ1n) is 6.06. The van der Waals surface area contributed by atoms with Gasteiger partial charge in [0.05, 0.1) is 8.95 Å². The minimum atomic E-state index is -0.902. The summed E-state index contributed by atoms with van der Waals surface area (Å²) >= 11 is 10.3. The Morgan fingerprint density at radius 2 is 1.84 bits per heavy atom. The van der Waals surface area contributed by atoms with Crippen LogP contribution in [0.15, 0.2) is 25.6 Å². The van der Waals surface area contributed by atoms with Gasteiger partial charge in [-0.2, -0.15) is 0 Å². The van der Waals surface area contributed by atoms with Crippen molar-refractivity contribution in [1.29, 1.82) is 0 Å². The molecule has 3 nitrogen and oxygen atoms in total. The summed E-state index contributed by atoms with van der Waals surface area (Å²) in [5.41, 5.74) is -0.902. The van der Waals surface area contributed by atoms with E-state index in [1.54, 1.807) is 6.92 Å². The molecule has 2 N–H and O–H groups in total. The molecule has 0 aliphatic heterocycles. The second kappa shape index (κ2) is 7.98. The number of halogens is 3. The Bertz CT molecular complexity index is 401. The Kier molecular flexibility index (Phi) is 7.32. The van der Waals surface area contributed by atoms with Gasteiger partial charge in [-0.15, -0.1) is 0 Å². The Morgan fingerprint density at radius 1 is 1.26 bits per heavy atom. The van der Waals surface area contributed by atoms with Crippen LogP contribution in [0.3, 0.4) is 0 Å². The van der Waals surface area contributed by atoms with Crippen molar-refractivity contribution in [3.8, 4) is 5.75 Å². The largest absolute Gasteiger partial charge is 0.488 e. The van der Waals surface area contributed by atoms with Crippen molar-refractivity contribution in [2.45, 2.75) is 25.9 Å². The molecule has 108 valence electrons. The number of hydrogen-bond acceptors (Lipinski definition) is 3. The third-order valence-corrected chi connectivity index (χ3v) is 4.06. The SMILES string of the molecule is CCCNCC(C)(O)COc1c(Br)cc(Br)cc1Br. The molecule has 6 heteroatoms. The summed E-state index contributed by atoms with van der Waals surface area (Å²) in [4.78, 5) is 0. The van der Waals surface area contributed by atoms with E-state index in [0.717, 1.165) is 26.4 Å². The molecule has 0 bridgehead atoms. The third-order valence-electron chi connectivity index (χ3n) is 2.42. The van der Waals surface area contributed by atoms with Crippen molar-refractivity contribution in [3.63, 3.8) is 0 Å². The summed E-state index contributed by atoms with van der Waals surface area (Å²) in [5.74, 6) is 0.693. The molecule has 1 aromatic carbocycles. The minimum Gasteiger partial charge on any atom is -0.488 e. The number of nitrogens with one attached hydrogen (secondary N) is 1. The lowest BCUT2D eigenvalue weighted by atomic mass is 10.1. The van der Waals surface area contributed by atoms with Crippen LogP contribution in [0.25, 0.3) is 0 Å². The number of benzene rings is 1. The van der Waals surface area contributed by atoms with Gasteiger partial charge in [0.25, 0.3) is 0 Å². The molecule has 19 heavy (non-hydrogen) atoms. The van der Waals surface area contributed by atoms with Gasteiger partial charge in [-0.1, -0.05) is 22.9 Å². The molecular formula is C13H18Br3NO2. The molecule has 0 amide bonds. The zero-order chi connectivity index (χ0) is 14.5. The first-order chi connectivity index (χ1) is 8.85. The molecule has 0 aliphatic carbocycles. The molecule has 1 rings (SSSR count). The van der Waals surface area contributed by atoms with E-state index < -0.39 is 5.60 Å². The molecule has 0 saturated carbocycles. The highest BCUT2D eigenvalue weighted by Gasteiger charge is 2.22. The van der Waals surface area contributed by atoms with E-state index >= 15 is 0 Å². The second-order valence-electron chi connectivity index (χ2n) is 4.66. The fourth-order valence-electron chi connectivity index (χ4n) is 1.48. The van der Waals surface area contributed by atoms with Gasteiger partial charge in [0.1, 0.15) is 18.0 Å². The zero-order valence-electron chi connectivity index (χ0n) is 11.0. The van der Waals surface area contributed by atoms with Gasteiger partial charge in [0, 0.05) is 11.0 Å². The van der Waals surface area contributed by atoms with Crippen LogP contribution < -0.4 is 10.1 Å². The summed E-state index contributed by atoms with van der Waals surface area (Å²) in [7, 11) is 0. The first-order valence-corrected chi connectivity index (χ1v) is 8.44. The predicted molar refractivity (Wildman–Crippen MR) is 88.8 cm³/mol. The van der Waals surface area contributed by atoms with Gasteiger partial charge in [0.15, 0.2) is 0 Å². The van der Waals surface area contributed by atoms with Gasteiger partial charge < -0.3 is 15.2 Å². The fraction of sp³-hybridized carbons (Fsp3) is 0.538. The number of hydrogen-bond donors (Lipinski definition) is 2. The van der Waals surface area contributed by atoms with Gasteiger partial charge in [-0.25, -0.2) is 0 Å². The highest BCUT2D eigenvalue weighted by molar-refractivity contribution is 9.11. The maximum atomic E-state index is 10.2. The zero-order valence-corrected chi connectivity index (χ0v) is 15.7. The molecule has 0 aromatic heterocycles. The van der Waals surface area contributed by atoms with Crippen LogP contribution in [-0.4, -0.2) is 30.4 Å².